The van der Waals surface area contributed by atoms with Gasteiger partial charge >= 0.3 is 0 Å². The van der Waals surface area contributed by atoms with Crippen LogP contribution in [0.25, 0.3) is 10.9 Å². The van der Waals surface area contributed by atoms with Gasteiger partial charge in [-0.15, -0.1) is 0 Å². The first kappa shape index (κ1) is 14.9. The van der Waals surface area contributed by atoms with E-state index in [4.69, 9.17) is 15.7 Å². The van der Waals surface area contributed by atoms with E-state index in [0.717, 1.165) is 11.1 Å². The van der Waals surface area contributed by atoms with Crippen LogP contribution in [0.5, 0.6) is 5.88 Å². The predicted octanol–water partition coefficient (Wildman–Crippen LogP) is 3.07. The molecule has 0 aliphatic carbocycles. The van der Waals surface area contributed by atoms with Gasteiger partial charge < -0.3 is 10.5 Å². The average molecular weight is 307 g/mol. The van der Waals surface area contributed by atoms with Gasteiger partial charge in [0, 0.05) is 6.20 Å². The van der Waals surface area contributed by atoms with Crippen LogP contribution in [0.4, 0.5) is 5.82 Å². The highest BCUT2D eigenvalue weighted by Gasteiger charge is 2.17. The topological polar surface area (TPSA) is 89.8 Å². The summed E-state index contributed by atoms with van der Waals surface area (Å²) in [5, 5.41) is 13.9. The van der Waals surface area contributed by atoms with Crippen LogP contribution in [0.2, 0.25) is 0 Å². The van der Waals surface area contributed by atoms with Crippen LogP contribution < -0.4 is 10.5 Å². The number of hydrogen-bond donors (Lipinski definition) is 1. The monoisotopic (exact) mass is 307 g/mol. The Morgan fingerprint density at radius 3 is 2.83 bits per heavy atom. The molecule has 0 bridgehead atoms. The molecule has 3 rings (SSSR count). The van der Waals surface area contributed by atoms with Crippen molar-refractivity contribution in [2.75, 3.05) is 5.73 Å². The van der Waals surface area contributed by atoms with Crippen molar-refractivity contribution in [3.05, 3.63) is 48.2 Å². The van der Waals surface area contributed by atoms with E-state index >= 15 is 0 Å². The maximum absolute atomic E-state index is 8.88. The lowest BCUT2D eigenvalue weighted by molar-refractivity contribution is 0.298. The Labute approximate surface area is 134 Å². The lowest BCUT2D eigenvalue weighted by Crippen LogP contribution is -2.06. The maximum atomic E-state index is 8.88. The molecule has 0 aliphatic rings. The average Bonchev–Trinajstić information content (AvgIpc) is 2.92. The number of benzene rings is 1. The van der Waals surface area contributed by atoms with Crippen LogP contribution in [-0.4, -0.2) is 14.8 Å². The third-order valence-electron chi connectivity index (χ3n) is 3.64. The van der Waals surface area contributed by atoms with Crippen LogP contribution in [0.1, 0.15) is 24.9 Å². The molecule has 0 radical (unpaired) electrons. The number of fused-ring (bicyclic) bond motifs is 1. The van der Waals surface area contributed by atoms with Crippen LogP contribution >= 0.6 is 0 Å². The van der Waals surface area contributed by atoms with Gasteiger partial charge in [-0.25, -0.2) is 4.98 Å². The van der Waals surface area contributed by atoms with E-state index in [9.17, 15) is 0 Å². The minimum Gasteiger partial charge on any atom is -0.472 e. The quantitative estimate of drug-likeness (QED) is 0.782. The molecular weight excluding hydrogens is 290 g/mol. The number of nitriles is 1. The van der Waals surface area contributed by atoms with Gasteiger partial charge in [0.15, 0.2) is 5.82 Å². The smallest absolute Gasteiger partial charge is 0.227 e. The SMILES string of the molecule is CC(CC#N)n1nc(N)c2c(OCc3ccccc3)nccc21. The molecule has 0 saturated heterocycles. The second-order valence-electron chi connectivity index (χ2n) is 5.33. The molecule has 6 heteroatoms. The van der Waals surface area contributed by atoms with E-state index in [-0.39, 0.29) is 6.04 Å². The molecule has 0 amide bonds. The highest BCUT2D eigenvalue weighted by atomic mass is 16.5. The van der Waals surface area contributed by atoms with Crippen molar-refractivity contribution in [2.45, 2.75) is 26.0 Å². The minimum atomic E-state index is -0.0656. The first-order valence-electron chi connectivity index (χ1n) is 7.37. The number of rotatable bonds is 5. The molecule has 1 unspecified atom stereocenters. The molecule has 2 heterocycles. The summed E-state index contributed by atoms with van der Waals surface area (Å²) in [6.45, 7) is 2.34. The number of nitrogens with zero attached hydrogens (tertiary/aromatic N) is 4. The van der Waals surface area contributed by atoms with Gasteiger partial charge in [-0.1, -0.05) is 30.3 Å². The third-order valence-corrected chi connectivity index (χ3v) is 3.64. The van der Waals surface area contributed by atoms with Gasteiger partial charge in [-0.2, -0.15) is 10.4 Å². The Morgan fingerprint density at radius 2 is 2.09 bits per heavy atom. The minimum absolute atomic E-state index is 0.0656. The largest absolute Gasteiger partial charge is 0.472 e. The summed E-state index contributed by atoms with van der Waals surface area (Å²) >= 11 is 0. The number of ether oxygens (including phenoxy) is 1. The maximum Gasteiger partial charge on any atom is 0.227 e. The summed E-state index contributed by atoms with van der Waals surface area (Å²) in [4.78, 5) is 4.28. The zero-order valence-corrected chi connectivity index (χ0v) is 12.8. The second kappa shape index (κ2) is 6.36. The van der Waals surface area contributed by atoms with Crippen LogP contribution in [0, 0.1) is 11.3 Å². The van der Waals surface area contributed by atoms with Crippen molar-refractivity contribution in [1.29, 1.82) is 5.26 Å². The van der Waals surface area contributed by atoms with Crippen molar-refractivity contribution in [3.63, 3.8) is 0 Å². The van der Waals surface area contributed by atoms with Gasteiger partial charge in [0.1, 0.15) is 12.0 Å². The standard InChI is InChI=1S/C17H17N5O/c1-12(7-9-18)22-14-8-10-20-17(15(14)16(19)21-22)23-11-13-5-3-2-4-6-13/h2-6,8,10,12H,7,11H2,1H3,(H2,19,21). The zero-order chi connectivity index (χ0) is 16.2. The predicted molar refractivity (Wildman–Crippen MR) is 87.7 cm³/mol. The zero-order valence-electron chi connectivity index (χ0n) is 12.8. The van der Waals surface area contributed by atoms with Crippen molar-refractivity contribution in [3.8, 4) is 11.9 Å². The second-order valence-corrected chi connectivity index (χ2v) is 5.33. The number of nitrogens with two attached hydrogens (primary N) is 1. The number of anilines is 1. The van der Waals surface area contributed by atoms with E-state index in [2.05, 4.69) is 16.2 Å². The third kappa shape index (κ3) is 2.94. The Morgan fingerprint density at radius 1 is 1.30 bits per heavy atom. The Kier molecular flexibility index (Phi) is 4.11. The van der Waals surface area contributed by atoms with E-state index in [1.165, 1.54) is 0 Å². The van der Waals surface area contributed by atoms with Gasteiger partial charge in [0.2, 0.25) is 5.88 Å². The Balaban J connectivity index is 1.94. The van der Waals surface area contributed by atoms with Crippen LogP contribution in [0.3, 0.4) is 0 Å². The first-order valence-corrected chi connectivity index (χ1v) is 7.37. The van der Waals surface area contributed by atoms with Crippen molar-refractivity contribution < 1.29 is 4.74 Å². The highest BCUT2D eigenvalue weighted by Crippen LogP contribution is 2.31. The van der Waals surface area contributed by atoms with Gasteiger partial charge in [0.05, 0.1) is 24.0 Å². The van der Waals surface area contributed by atoms with Crippen LogP contribution in [-0.2, 0) is 6.61 Å². The van der Waals surface area contributed by atoms with Gasteiger partial charge in [-0.3, -0.25) is 4.68 Å². The van der Waals surface area contributed by atoms with E-state index < -0.39 is 0 Å². The summed E-state index contributed by atoms with van der Waals surface area (Å²) in [6.07, 6.45) is 2.03. The number of aromatic nitrogens is 3. The van der Waals surface area contributed by atoms with E-state index in [1.54, 1.807) is 10.9 Å². The fourth-order valence-electron chi connectivity index (χ4n) is 2.47. The number of nitrogen functional groups attached to an aromatic ring is 1. The summed E-state index contributed by atoms with van der Waals surface area (Å²) in [7, 11) is 0. The summed E-state index contributed by atoms with van der Waals surface area (Å²) < 4.78 is 7.58. The molecule has 1 atom stereocenters. The molecule has 0 saturated carbocycles. The molecule has 0 aliphatic heterocycles. The molecule has 1 aromatic carbocycles. The lowest BCUT2D eigenvalue weighted by atomic mass is 10.2. The van der Waals surface area contributed by atoms with E-state index in [0.29, 0.717) is 30.1 Å². The fraction of sp³-hybridized carbons (Fsp3) is 0.235. The normalized spacial score (nSPS) is 12.0. The molecular formula is C17H17N5O. The first-order chi connectivity index (χ1) is 11.2. The summed E-state index contributed by atoms with van der Waals surface area (Å²) in [5.74, 6) is 0.820. The highest BCUT2D eigenvalue weighted by molar-refractivity contribution is 5.93. The molecule has 116 valence electrons. The van der Waals surface area contributed by atoms with Crippen molar-refractivity contribution in [2.24, 2.45) is 0 Å². The fourth-order valence-corrected chi connectivity index (χ4v) is 2.47. The molecule has 0 spiro atoms. The molecule has 3 aromatic rings. The molecule has 0 fully saturated rings. The molecule has 23 heavy (non-hydrogen) atoms. The Hall–Kier alpha value is -3.07. The molecule has 2 aromatic heterocycles. The lowest BCUT2D eigenvalue weighted by Gasteiger charge is -2.10. The Bertz CT molecular complexity index is 851. The van der Waals surface area contributed by atoms with Crippen LogP contribution in [0.15, 0.2) is 42.6 Å². The van der Waals surface area contributed by atoms with E-state index in [1.807, 2.05) is 43.3 Å². The van der Waals surface area contributed by atoms with Crippen molar-refractivity contribution >= 4 is 16.7 Å². The molecule has 6 nitrogen and oxygen atoms in total. The number of pyridine rings is 1. The number of hydrogen-bond acceptors (Lipinski definition) is 5. The van der Waals surface area contributed by atoms with Gasteiger partial charge in [-0.05, 0) is 18.6 Å². The molecule has 2 N–H and O–H groups in total. The van der Waals surface area contributed by atoms with Gasteiger partial charge in [0.25, 0.3) is 0 Å². The summed E-state index contributed by atoms with van der Waals surface area (Å²) in [6, 6.07) is 13.8. The summed E-state index contributed by atoms with van der Waals surface area (Å²) in [5.41, 5.74) is 7.92. The van der Waals surface area contributed by atoms with Crippen molar-refractivity contribution in [1.82, 2.24) is 14.8 Å².